The molecule has 0 unspecified atom stereocenters. The topological polar surface area (TPSA) is 165 Å². The van der Waals surface area contributed by atoms with Crippen molar-refractivity contribution in [1.82, 2.24) is 9.80 Å². The van der Waals surface area contributed by atoms with E-state index in [4.69, 9.17) is 17.3 Å². The smallest absolute Gasteiger partial charge is 0.255 e. The third kappa shape index (κ3) is 4.29. The second-order valence-corrected chi connectivity index (χ2v) is 12.9. The maximum absolute atomic E-state index is 13.8. The largest absolute Gasteiger partial charge is 0.510 e. The van der Waals surface area contributed by atoms with Crippen LogP contribution in [-0.2, 0) is 22.6 Å². The number of amides is 1. The van der Waals surface area contributed by atoms with Gasteiger partial charge in [0.05, 0.1) is 11.6 Å². The van der Waals surface area contributed by atoms with Crippen molar-refractivity contribution >= 4 is 29.1 Å². The molecule has 0 heterocycles. The quantitative estimate of drug-likeness (QED) is 0.302. The van der Waals surface area contributed by atoms with E-state index in [2.05, 4.69) is 11.8 Å². The van der Waals surface area contributed by atoms with Crippen LogP contribution >= 0.6 is 11.6 Å². The van der Waals surface area contributed by atoms with Crippen LogP contribution in [0.4, 0.5) is 0 Å². The number of fused-ring (bicyclic) bond motifs is 3. The Balaban J connectivity index is 1.56. The number of rotatable bonds is 7. The molecule has 0 bridgehead atoms. The summed E-state index contributed by atoms with van der Waals surface area (Å²) < 4.78 is 0. The molecule has 6 N–H and O–H groups in total. The summed E-state index contributed by atoms with van der Waals surface area (Å²) in [7, 11) is 5.20. The summed E-state index contributed by atoms with van der Waals surface area (Å²) in [4.78, 5) is 43.0. The van der Waals surface area contributed by atoms with Gasteiger partial charge in [0.25, 0.3) is 5.91 Å². The fraction of sp³-hybridized carbons (Fsp3) is 0.567. The number of hydrogen-bond acceptors (Lipinski definition) is 9. The summed E-state index contributed by atoms with van der Waals surface area (Å²) in [5.41, 5.74) is 3.02. The third-order valence-electron chi connectivity index (χ3n) is 9.94. The van der Waals surface area contributed by atoms with Gasteiger partial charge in [0.2, 0.25) is 5.78 Å². The average molecular weight is 588 g/mol. The first-order valence-corrected chi connectivity index (χ1v) is 14.4. The van der Waals surface area contributed by atoms with Gasteiger partial charge in [-0.1, -0.05) is 24.9 Å². The highest BCUT2D eigenvalue weighted by Crippen LogP contribution is 2.53. The first-order valence-electron chi connectivity index (χ1n) is 14.0. The predicted octanol–water partition coefficient (Wildman–Crippen LogP) is 2.79. The molecule has 222 valence electrons. The minimum Gasteiger partial charge on any atom is -0.510 e. The Morgan fingerprint density at radius 1 is 1.17 bits per heavy atom. The molecule has 0 aliphatic heterocycles. The highest BCUT2D eigenvalue weighted by atomic mass is 35.5. The van der Waals surface area contributed by atoms with Crippen LogP contribution in [0.2, 0.25) is 5.02 Å². The van der Waals surface area contributed by atoms with Gasteiger partial charge in [-0.3, -0.25) is 19.3 Å². The van der Waals surface area contributed by atoms with E-state index in [1.807, 2.05) is 7.05 Å². The van der Waals surface area contributed by atoms with Crippen molar-refractivity contribution in [3.05, 3.63) is 50.4 Å². The Bertz CT molecular complexity index is 1410. The molecule has 0 aromatic heterocycles. The fourth-order valence-corrected chi connectivity index (χ4v) is 7.97. The van der Waals surface area contributed by atoms with Gasteiger partial charge in [-0.05, 0) is 81.8 Å². The van der Waals surface area contributed by atoms with Crippen LogP contribution in [0.25, 0.3) is 0 Å². The van der Waals surface area contributed by atoms with Gasteiger partial charge in [0.15, 0.2) is 11.4 Å². The molecule has 4 aliphatic carbocycles. The Morgan fingerprint density at radius 3 is 2.37 bits per heavy atom. The number of halogens is 1. The summed E-state index contributed by atoms with van der Waals surface area (Å²) in [5, 5.41) is 45.4. The summed E-state index contributed by atoms with van der Waals surface area (Å²) in [6.45, 7) is 3.57. The van der Waals surface area contributed by atoms with E-state index >= 15 is 0 Å². The number of aliphatic hydroxyl groups excluding tert-OH is 2. The number of carbonyl (C=O) groups is 3. The molecule has 4 atom stereocenters. The molecule has 0 radical (unpaired) electrons. The van der Waals surface area contributed by atoms with E-state index in [0.717, 1.165) is 13.0 Å². The van der Waals surface area contributed by atoms with E-state index < -0.39 is 58.0 Å². The Morgan fingerprint density at radius 2 is 1.83 bits per heavy atom. The number of carbonyl (C=O) groups excluding carboxylic acids is 3. The van der Waals surface area contributed by atoms with Gasteiger partial charge >= 0.3 is 0 Å². The van der Waals surface area contributed by atoms with Crippen molar-refractivity contribution in [3.63, 3.8) is 0 Å². The zero-order valence-corrected chi connectivity index (χ0v) is 24.6. The molecule has 11 heteroatoms. The van der Waals surface area contributed by atoms with Gasteiger partial charge in [-0.2, -0.15) is 0 Å². The fourth-order valence-electron chi connectivity index (χ4n) is 7.69. The second-order valence-electron chi connectivity index (χ2n) is 12.6. The number of Topliss-reactive ketones (excluding diaryl/α,β-unsaturated/α-hetero) is 2. The van der Waals surface area contributed by atoms with Gasteiger partial charge in [0, 0.05) is 29.6 Å². The number of benzene rings is 1. The maximum Gasteiger partial charge on any atom is 0.255 e. The lowest BCUT2D eigenvalue weighted by Crippen LogP contribution is -2.63. The molecule has 0 spiro atoms. The molecule has 41 heavy (non-hydrogen) atoms. The van der Waals surface area contributed by atoms with Gasteiger partial charge < -0.3 is 31.1 Å². The van der Waals surface area contributed by atoms with Crippen LogP contribution in [0.3, 0.4) is 0 Å². The molecule has 4 aliphatic rings. The van der Waals surface area contributed by atoms with Crippen molar-refractivity contribution in [1.29, 1.82) is 0 Å². The molecule has 1 aromatic carbocycles. The number of phenolic OH excluding ortho intramolecular Hbond substituents is 1. The Kier molecular flexibility index (Phi) is 7.29. The van der Waals surface area contributed by atoms with Crippen LogP contribution in [0.15, 0.2) is 28.7 Å². The van der Waals surface area contributed by atoms with Crippen molar-refractivity contribution in [2.75, 3.05) is 27.7 Å². The SMILES string of the molecule is CCC1(CN(C)Cc2cc(O)c3c(c2Cl)C[C@H]2C[C@H]4[C@H](N(C)C)C(O)=C(C(N)=O)C(=O)[C@@]4(O)C(O)=C2C3=O)CCC1. The minimum atomic E-state index is -2.66. The van der Waals surface area contributed by atoms with E-state index in [1.165, 1.54) is 30.2 Å². The van der Waals surface area contributed by atoms with Crippen LogP contribution in [0.1, 0.15) is 60.5 Å². The number of likely N-dealkylation sites (N-methyl/N-ethyl adjacent to an activating group) is 1. The van der Waals surface area contributed by atoms with E-state index in [9.17, 15) is 34.8 Å². The minimum absolute atomic E-state index is 0.0198. The Labute approximate surface area is 244 Å². The summed E-state index contributed by atoms with van der Waals surface area (Å²) in [6.07, 6.45) is 4.86. The molecule has 5 rings (SSSR count). The number of nitrogens with zero attached hydrogens (tertiary/aromatic N) is 2. The molecule has 1 aromatic rings. The Hall–Kier alpha value is -2.92. The van der Waals surface area contributed by atoms with E-state index in [0.29, 0.717) is 28.1 Å². The second kappa shape index (κ2) is 10.1. The van der Waals surface area contributed by atoms with Crippen molar-refractivity contribution in [3.8, 4) is 5.75 Å². The highest BCUT2D eigenvalue weighted by molar-refractivity contribution is 6.33. The van der Waals surface area contributed by atoms with Crippen LogP contribution < -0.4 is 5.73 Å². The van der Waals surface area contributed by atoms with Crippen LogP contribution in [0.5, 0.6) is 5.75 Å². The van der Waals surface area contributed by atoms with Crippen LogP contribution in [0, 0.1) is 17.3 Å². The number of primary amides is 1. The number of ketones is 2. The lowest BCUT2D eigenvalue weighted by atomic mass is 9.58. The number of aliphatic hydroxyl groups is 3. The zero-order valence-electron chi connectivity index (χ0n) is 23.8. The molecule has 0 saturated heterocycles. The normalized spacial score (nSPS) is 28.9. The summed E-state index contributed by atoms with van der Waals surface area (Å²) >= 11 is 6.89. The molecule has 1 saturated carbocycles. The molecule has 1 fully saturated rings. The average Bonchev–Trinajstić information content (AvgIpc) is 2.86. The lowest BCUT2D eigenvalue weighted by molar-refractivity contribution is -0.148. The van der Waals surface area contributed by atoms with Gasteiger partial charge in [-0.25, -0.2) is 0 Å². The number of nitrogens with two attached hydrogens (primary N) is 1. The molecule has 10 nitrogen and oxygen atoms in total. The van der Waals surface area contributed by atoms with Crippen molar-refractivity contribution in [2.24, 2.45) is 23.0 Å². The number of phenols is 1. The van der Waals surface area contributed by atoms with Gasteiger partial charge in [-0.15, -0.1) is 0 Å². The predicted molar refractivity (Wildman–Crippen MR) is 152 cm³/mol. The van der Waals surface area contributed by atoms with Crippen molar-refractivity contribution < 1.29 is 34.8 Å². The maximum atomic E-state index is 13.8. The molecular weight excluding hydrogens is 550 g/mol. The first kappa shape index (κ1) is 29.6. The standard InChI is InChI=1S/C30H38ClN3O7/c1-5-29(7-6-8-29)13-34(4)12-15-11-18(35)20-16(22(15)31)9-14-10-17-23(33(2)3)25(37)21(28(32)40)27(39)30(17,41)26(38)19(14)24(20)36/h11,14,17,23,35,37-38,41H,5-10,12-13H2,1-4H3,(H2,32,40)/t14-,17-,23-,30-/m0/s1. The summed E-state index contributed by atoms with van der Waals surface area (Å²) in [5.74, 6) is -6.78. The monoisotopic (exact) mass is 587 g/mol. The third-order valence-corrected chi connectivity index (χ3v) is 10.4. The van der Waals surface area contributed by atoms with E-state index in [1.54, 1.807) is 14.1 Å². The number of hydrogen-bond donors (Lipinski definition) is 5. The van der Waals surface area contributed by atoms with Crippen LogP contribution in [-0.4, -0.2) is 87.0 Å². The molecule has 1 amide bonds. The summed E-state index contributed by atoms with van der Waals surface area (Å²) in [6, 6.07) is 0.425. The highest BCUT2D eigenvalue weighted by Gasteiger charge is 2.63. The zero-order chi connectivity index (χ0) is 30.2. The lowest BCUT2D eigenvalue weighted by Gasteiger charge is -2.50. The first-order chi connectivity index (χ1) is 19.2. The van der Waals surface area contributed by atoms with Crippen molar-refractivity contribution in [2.45, 2.75) is 63.6 Å². The number of allylic oxidation sites excluding steroid dienone is 1. The van der Waals surface area contributed by atoms with E-state index in [-0.39, 0.29) is 29.7 Å². The number of aromatic hydroxyl groups is 1. The van der Waals surface area contributed by atoms with Gasteiger partial charge in [0.1, 0.15) is 22.8 Å². The molecular formula is C30H38ClN3O7.